The lowest BCUT2D eigenvalue weighted by atomic mass is 10.2. The second-order valence-electron chi connectivity index (χ2n) is 6.15. The van der Waals surface area contributed by atoms with E-state index in [0.717, 1.165) is 21.5 Å². The highest BCUT2D eigenvalue weighted by Crippen LogP contribution is 2.36. The molecule has 0 spiro atoms. The third kappa shape index (κ3) is 5.06. The topological polar surface area (TPSA) is 60.0 Å². The van der Waals surface area contributed by atoms with Crippen molar-refractivity contribution in [1.29, 1.82) is 0 Å². The Kier molecular flexibility index (Phi) is 6.46. The molecule has 0 atom stereocenters. The van der Waals surface area contributed by atoms with Crippen LogP contribution in [-0.2, 0) is 11.3 Å². The summed E-state index contributed by atoms with van der Waals surface area (Å²) in [4.78, 5) is 14.3. The maximum Gasteiger partial charge on any atom is 0.238 e. The molecule has 0 radical (unpaired) electrons. The van der Waals surface area contributed by atoms with Gasteiger partial charge in [-0.25, -0.2) is 0 Å². The van der Waals surface area contributed by atoms with Gasteiger partial charge in [-0.05, 0) is 42.9 Å². The van der Waals surface area contributed by atoms with E-state index in [4.69, 9.17) is 25.8 Å². The van der Waals surface area contributed by atoms with Crippen LogP contribution in [0.4, 0.5) is 5.69 Å². The third-order valence-electron chi connectivity index (χ3n) is 4.00. The summed E-state index contributed by atoms with van der Waals surface area (Å²) in [5.41, 5.74) is 1.55. The molecule has 27 heavy (non-hydrogen) atoms. The number of rotatable bonds is 6. The molecule has 1 aliphatic heterocycles. The Labute approximate surface area is 171 Å². The van der Waals surface area contributed by atoms with Crippen molar-refractivity contribution in [2.45, 2.75) is 6.54 Å². The zero-order valence-corrected chi connectivity index (χ0v) is 17.4. The Morgan fingerprint density at radius 2 is 1.96 bits per heavy atom. The van der Waals surface area contributed by atoms with Crippen molar-refractivity contribution < 1.29 is 19.0 Å². The maximum atomic E-state index is 12.4. The van der Waals surface area contributed by atoms with Crippen LogP contribution in [0.1, 0.15) is 5.56 Å². The number of nitrogens with zero attached hydrogens (tertiary/aromatic N) is 1. The van der Waals surface area contributed by atoms with Crippen LogP contribution in [0.5, 0.6) is 17.2 Å². The summed E-state index contributed by atoms with van der Waals surface area (Å²) in [6.07, 6.45) is 0. The molecular formula is C19H20BrClN2O4. The van der Waals surface area contributed by atoms with Gasteiger partial charge in [-0.15, -0.1) is 0 Å². The summed E-state index contributed by atoms with van der Waals surface area (Å²) in [5, 5.41) is 3.36. The highest BCUT2D eigenvalue weighted by molar-refractivity contribution is 9.10. The predicted molar refractivity (Wildman–Crippen MR) is 108 cm³/mol. The van der Waals surface area contributed by atoms with Crippen LogP contribution >= 0.6 is 27.5 Å². The van der Waals surface area contributed by atoms with Crippen LogP contribution in [0.2, 0.25) is 5.02 Å². The summed E-state index contributed by atoms with van der Waals surface area (Å²) in [6, 6.07) is 8.92. The number of anilines is 1. The van der Waals surface area contributed by atoms with Crippen molar-refractivity contribution in [3.05, 3.63) is 45.4 Å². The first kappa shape index (κ1) is 19.8. The molecule has 0 bridgehead atoms. The van der Waals surface area contributed by atoms with Crippen LogP contribution < -0.4 is 19.5 Å². The number of likely N-dealkylation sites (N-methyl/N-ethyl adjacent to an activating group) is 1. The Balaban J connectivity index is 1.63. The number of carbonyl (C=O) groups is 1. The van der Waals surface area contributed by atoms with Crippen LogP contribution in [-0.4, -0.2) is 44.7 Å². The Hall–Kier alpha value is -1.96. The van der Waals surface area contributed by atoms with Gasteiger partial charge in [0.15, 0.2) is 11.5 Å². The number of benzene rings is 2. The van der Waals surface area contributed by atoms with Crippen LogP contribution in [0.25, 0.3) is 0 Å². The number of carbonyl (C=O) groups excluding carboxylic acids is 1. The SMILES string of the molecule is COc1ccc(Cl)cc1NC(=O)CN(C)Cc1cc2c(cc1Br)OCCO2. The van der Waals surface area contributed by atoms with E-state index >= 15 is 0 Å². The normalized spacial score (nSPS) is 12.8. The van der Waals surface area contributed by atoms with E-state index in [0.29, 0.717) is 36.2 Å². The second-order valence-corrected chi connectivity index (χ2v) is 7.44. The molecule has 1 heterocycles. The van der Waals surface area contributed by atoms with E-state index in [9.17, 15) is 4.79 Å². The van der Waals surface area contributed by atoms with Crippen molar-refractivity contribution >= 4 is 39.1 Å². The molecule has 0 unspecified atom stereocenters. The first-order valence-electron chi connectivity index (χ1n) is 8.36. The fraction of sp³-hybridized carbons (Fsp3) is 0.316. The molecule has 2 aromatic carbocycles. The molecule has 0 aromatic heterocycles. The van der Waals surface area contributed by atoms with E-state index in [1.165, 1.54) is 0 Å². The first-order chi connectivity index (χ1) is 13.0. The van der Waals surface area contributed by atoms with Gasteiger partial charge >= 0.3 is 0 Å². The summed E-state index contributed by atoms with van der Waals surface area (Å²) in [7, 11) is 3.42. The number of amides is 1. The molecule has 0 saturated heterocycles. The van der Waals surface area contributed by atoms with Gasteiger partial charge in [-0.1, -0.05) is 27.5 Å². The van der Waals surface area contributed by atoms with Gasteiger partial charge < -0.3 is 19.5 Å². The lowest BCUT2D eigenvalue weighted by Crippen LogP contribution is -2.30. The standard InChI is InChI=1S/C19H20BrClN2O4/c1-23(10-12-7-17-18(9-14(12)20)27-6-5-26-17)11-19(24)22-15-8-13(21)3-4-16(15)25-2/h3-4,7-9H,5-6,10-11H2,1-2H3,(H,22,24). The summed E-state index contributed by atoms with van der Waals surface area (Å²) in [6.45, 7) is 1.85. The van der Waals surface area contributed by atoms with Gasteiger partial charge in [-0.2, -0.15) is 0 Å². The quantitative estimate of drug-likeness (QED) is 0.715. The lowest BCUT2D eigenvalue weighted by Gasteiger charge is -2.22. The van der Waals surface area contributed by atoms with Crippen LogP contribution in [0.15, 0.2) is 34.8 Å². The monoisotopic (exact) mass is 454 g/mol. The van der Waals surface area contributed by atoms with Crippen LogP contribution in [0.3, 0.4) is 0 Å². The second kappa shape index (κ2) is 8.82. The van der Waals surface area contributed by atoms with Gasteiger partial charge in [0.25, 0.3) is 0 Å². The van der Waals surface area contributed by atoms with E-state index in [-0.39, 0.29) is 12.5 Å². The van der Waals surface area contributed by atoms with Crippen molar-refractivity contribution in [3.63, 3.8) is 0 Å². The van der Waals surface area contributed by atoms with Crippen molar-refractivity contribution in [2.24, 2.45) is 0 Å². The highest BCUT2D eigenvalue weighted by atomic mass is 79.9. The molecule has 144 valence electrons. The van der Waals surface area contributed by atoms with E-state index < -0.39 is 0 Å². The fourth-order valence-electron chi connectivity index (χ4n) is 2.79. The number of nitrogens with one attached hydrogen (secondary N) is 1. The molecule has 1 N–H and O–H groups in total. The third-order valence-corrected chi connectivity index (χ3v) is 4.97. The minimum atomic E-state index is -0.160. The molecule has 0 saturated carbocycles. The van der Waals surface area contributed by atoms with Gasteiger partial charge in [0, 0.05) is 16.0 Å². The predicted octanol–water partition coefficient (Wildman–Crippen LogP) is 3.95. The first-order valence-corrected chi connectivity index (χ1v) is 9.53. The Morgan fingerprint density at radius 3 is 2.67 bits per heavy atom. The molecule has 1 amide bonds. The number of fused-ring (bicyclic) bond motifs is 1. The van der Waals surface area contributed by atoms with E-state index in [1.54, 1.807) is 25.3 Å². The van der Waals surface area contributed by atoms with E-state index in [2.05, 4.69) is 21.2 Å². The molecule has 2 aromatic rings. The number of halogens is 2. The highest BCUT2D eigenvalue weighted by Gasteiger charge is 2.17. The van der Waals surface area contributed by atoms with Crippen LogP contribution in [0, 0.1) is 0 Å². The zero-order valence-electron chi connectivity index (χ0n) is 15.1. The van der Waals surface area contributed by atoms with Crippen molar-refractivity contribution in [1.82, 2.24) is 4.90 Å². The molecule has 6 nitrogen and oxygen atoms in total. The van der Waals surface area contributed by atoms with Gasteiger partial charge in [0.2, 0.25) is 5.91 Å². The van der Waals surface area contributed by atoms with Crippen molar-refractivity contribution in [3.8, 4) is 17.2 Å². The number of methoxy groups -OCH3 is 1. The molecule has 1 aliphatic rings. The number of ether oxygens (including phenoxy) is 3. The number of hydrogen-bond acceptors (Lipinski definition) is 5. The largest absolute Gasteiger partial charge is 0.495 e. The zero-order chi connectivity index (χ0) is 19.4. The average molecular weight is 456 g/mol. The average Bonchev–Trinajstić information content (AvgIpc) is 2.62. The molecule has 0 aliphatic carbocycles. The Morgan fingerprint density at radius 1 is 1.26 bits per heavy atom. The number of hydrogen-bond donors (Lipinski definition) is 1. The fourth-order valence-corrected chi connectivity index (χ4v) is 3.41. The van der Waals surface area contributed by atoms with E-state index in [1.807, 2.05) is 24.1 Å². The summed E-state index contributed by atoms with van der Waals surface area (Å²) < 4.78 is 17.4. The lowest BCUT2D eigenvalue weighted by molar-refractivity contribution is -0.117. The minimum Gasteiger partial charge on any atom is -0.495 e. The molecule has 8 heteroatoms. The van der Waals surface area contributed by atoms with Gasteiger partial charge in [0.1, 0.15) is 19.0 Å². The maximum absolute atomic E-state index is 12.4. The smallest absolute Gasteiger partial charge is 0.238 e. The minimum absolute atomic E-state index is 0.160. The summed E-state index contributed by atoms with van der Waals surface area (Å²) >= 11 is 9.56. The Bertz CT molecular complexity index is 847. The molecular weight excluding hydrogens is 436 g/mol. The summed E-state index contributed by atoms with van der Waals surface area (Å²) in [5.74, 6) is 1.85. The molecule has 0 fully saturated rings. The van der Waals surface area contributed by atoms with Crippen molar-refractivity contribution in [2.75, 3.05) is 39.2 Å². The molecule has 3 rings (SSSR count). The van der Waals surface area contributed by atoms with Gasteiger partial charge in [0.05, 0.1) is 19.3 Å². The van der Waals surface area contributed by atoms with Gasteiger partial charge in [-0.3, -0.25) is 9.69 Å².